The zero-order valence-corrected chi connectivity index (χ0v) is 16.3. The van der Waals surface area contributed by atoms with E-state index in [0.29, 0.717) is 18.4 Å². The van der Waals surface area contributed by atoms with Crippen LogP contribution in [-0.2, 0) is 15.0 Å². The van der Waals surface area contributed by atoms with Gasteiger partial charge in [0.2, 0.25) is 5.91 Å². The Bertz CT molecular complexity index is 870. The molecule has 1 aromatic rings. The number of benzene rings is 1. The normalized spacial score (nSPS) is 27.5. The number of ketones is 1. The number of Topliss-reactive ketones (excluding diaryl/α,β-unsaturated/α-hetero) is 1. The van der Waals surface area contributed by atoms with Crippen LogP contribution in [0.5, 0.6) is 0 Å². The minimum absolute atomic E-state index is 0.0509. The molecule has 1 amide bonds. The molecule has 4 nitrogen and oxygen atoms in total. The third-order valence-corrected chi connectivity index (χ3v) is 5.95. The molecule has 148 valence electrons. The minimum Gasteiger partial charge on any atom is -0.345 e. The minimum atomic E-state index is -3.05. The van der Waals surface area contributed by atoms with Crippen molar-refractivity contribution in [2.75, 3.05) is 13.6 Å². The Labute approximate surface area is 163 Å². The molecule has 2 aliphatic carbocycles. The summed E-state index contributed by atoms with van der Waals surface area (Å²) >= 11 is 0. The van der Waals surface area contributed by atoms with Gasteiger partial charge in [-0.05, 0) is 24.3 Å². The molecule has 0 aromatic heterocycles. The summed E-state index contributed by atoms with van der Waals surface area (Å²) in [6, 6.07) is 10.1. The second-order valence-electron chi connectivity index (χ2n) is 8.54. The molecule has 0 bridgehead atoms. The summed E-state index contributed by atoms with van der Waals surface area (Å²) < 4.78 is 28.5. The van der Waals surface area contributed by atoms with Crippen LogP contribution in [-0.4, -0.2) is 36.1 Å². The lowest BCUT2D eigenvalue weighted by atomic mass is 9.71. The highest BCUT2D eigenvalue weighted by Crippen LogP contribution is 2.62. The summed E-state index contributed by atoms with van der Waals surface area (Å²) in [7, 11) is 1.54. The number of rotatable bonds is 5. The average Bonchev–Trinajstić information content (AvgIpc) is 3.25. The van der Waals surface area contributed by atoms with Gasteiger partial charge in [0.1, 0.15) is 11.5 Å². The molecule has 6 heteroatoms. The number of hydrogen-bond donors (Lipinski definition) is 0. The van der Waals surface area contributed by atoms with Gasteiger partial charge in [0.15, 0.2) is 5.78 Å². The van der Waals surface area contributed by atoms with E-state index in [0.717, 1.165) is 0 Å². The highest BCUT2D eigenvalue weighted by atomic mass is 19.3. The van der Waals surface area contributed by atoms with E-state index in [-0.39, 0.29) is 23.8 Å². The van der Waals surface area contributed by atoms with Gasteiger partial charge in [0, 0.05) is 25.4 Å². The van der Waals surface area contributed by atoms with Crippen LogP contribution < -0.4 is 0 Å². The van der Waals surface area contributed by atoms with E-state index in [9.17, 15) is 23.6 Å². The van der Waals surface area contributed by atoms with Gasteiger partial charge in [-0.1, -0.05) is 50.3 Å². The number of hydrogen-bond acceptors (Lipinski definition) is 3. The SMILES string of the molecule is CN(CC[C@H]1C=C(C#N)C(=O)C(C)(C)C1)C(=O)C1(c2ccccc2)CC1(F)F. The fourth-order valence-corrected chi connectivity index (χ4v) is 4.22. The molecule has 28 heavy (non-hydrogen) atoms. The average molecular weight is 386 g/mol. The van der Waals surface area contributed by atoms with Gasteiger partial charge in [-0.3, -0.25) is 9.59 Å². The third-order valence-electron chi connectivity index (χ3n) is 5.95. The van der Waals surface area contributed by atoms with Crippen LogP contribution in [0.15, 0.2) is 42.0 Å². The van der Waals surface area contributed by atoms with Crippen LogP contribution in [0.25, 0.3) is 0 Å². The fourth-order valence-electron chi connectivity index (χ4n) is 4.22. The summed E-state index contributed by atoms with van der Waals surface area (Å²) in [6.45, 7) is 3.89. The second-order valence-corrected chi connectivity index (χ2v) is 8.54. The lowest BCUT2D eigenvalue weighted by Crippen LogP contribution is -2.41. The molecule has 0 radical (unpaired) electrons. The molecule has 0 spiro atoms. The number of amides is 1. The van der Waals surface area contributed by atoms with E-state index < -0.39 is 29.1 Å². The fraction of sp³-hybridized carbons (Fsp3) is 0.500. The first-order chi connectivity index (χ1) is 13.0. The van der Waals surface area contributed by atoms with E-state index in [1.165, 1.54) is 11.9 Å². The number of halogens is 2. The van der Waals surface area contributed by atoms with Crippen molar-refractivity contribution in [3.63, 3.8) is 0 Å². The van der Waals surface area contributed by atoms with Crippen LogP contribution in [0.1, 0.15) is 38.7 Å². The Morgan fingerprint density at radius 3 is 2.43 bits per heavy atom. The zero-order valence-electron chi connectivity index (χ0n) is 16.3. The van der Waals surface area contributed by atoms with Gasteiger partial charge in [-0.25, -0.2) is 8.78 Å². The highest BCUT2D eigenvalue weighted by Gasteiger charge is 2.77. The topological polar surface area (TPSA) is 61.2 Å². The number of alkyl halides is 2. The van der Waals surface area contributed by atoms with Crippen LogP contribution in [0, 0.1) is 22.7 Å². The zero-order chi connectivity index (χ0) is 20.7. The summed E-state index contributed by atoms with van der Waals surface area (Å²) in [4.78, 5) is 26.5. The third kappa shape index (κ3) is 3.23. The van der Waals surface area contributed by atoms with Crippen LogP contribution in [0.2, 0.25) is 0 Å². The van der Waals surface area contributed by atoms with Crippen molar-refractivity contribution >= 4 is 11.7 Å². The Kier molecular flexibility index (Phi) is 4.91. The number of likely N-dealkylation sites (N-methyl/N-ethyl adjacent to an activating group) is 1. The van der Waals surface area contributed by atoms with Gasteiger partial charge < -0.3 is 4.90 Å². The van der Waals surface area contributed by atoms with E-state index in [2.05, 4.69) is 0 Å². The summed E-state index contributed by atoms with van der Waals surface area (Å²) in [6.07, 6.45) is 2.26. The summed E-state index contributed by atoms with van der Waals surface area (Å²) in [5, 5.41) is 9.19. The van der Waals surface area contributed by atoms with Crippen LogP contribution >= 0.6 is 0 Å². The molecular formula is C22H24F2N2O2. The molecule has 0 heterocycles. The molecule has 0 N–H and O–H groups in total. The molecule has 1 unspecified atom stereocenters. The largest absolute Gasteiger partial charge is 0.345 e. The number of allylic oxidation sites excluding steroid dienone is 2. The van der Waals surface area contributed by atoms with Crippen molar-refractivity contribution in [3.05, 3.63) is 47.5 Å². The lowest BCUT2D eigenvalue weighted by Gasteiger charge is -2.32. The Morgan fingerprint density at radius 2 is 1.89 bits per heavy atom. The maximum absolute atomic E-state index is 14.3. The summed E-state index contributed by atoms with van der Waals surface area (Å²) in [5.41, 5.74) is -1.93. The molecule has 1 fully saturated rings. The van der Waals surface area contributed by atoms with Crippen molar-refractivity contribution in [1.29, 1.82) is 5.26 Å². The van der Waals surface area contributed by atoms with Gasteiger partial charge >= 0.3 is 0 Å². The first-order valence-corrected chi connectivity index (χ1v) is 9.41. The smallest absolute Gasteiger partial charge is 0.268 e. The van der Waals surface area contributed by atoms with Crippen LogP contribution in [0.4, 0.5) is 8.78 Å². The van der Waals surface area contributed by atoms with Crippen molar-refractivity contribution in [2.24, 2.45) is 11.3 Å². The first kappa shape index (κ1) is 20.2. The van der Waals surface area contributed by atoms with Crippen LogP contribution in [0.3, 0.4) is 0 Å². The molecule has 1 saturated carbocycles. The first-order valence-electron chi connectivity index (χ1n) is 9.41. The molecule has 0 aliphatic heterocycles. The monoisotopic (exact) mass is 386 g/mol. The maximum Gasteiger partial charge on any atom is 0.268 e. The van der Waals surface area contributed by atoms with Crippen molar-refractivity contribution in [1.82, 2.24) is 4.90 Å². The number of carbonyl (C=O) groups excluding carboxylic acids is 2. The molecule has 3 rings (SSSR count). The van der Waals surface area contributed by atoms with Crippen molar-refractivity contribution in [3.8, 4) is 6.07 Å². The lowest BCUT2D eigenvalue weighted by molar-refractivity contribution is -0.135. The quantitative estimate of drug-likeness (QED) is 0.772. The predicted molar refractivity (Wildman–Crippen MR) is 101 cm³/mol. The van der Waals surface area contributed by atoms with Gasteiger partial charge in [0.25, 0.3) is 5.92 Å². The van der Waals surface area contributed by atoms with Gasteiger partial charge in [-0.15, -0.1) is 0 Å². The number of carbonyl (C=O) groups is 2. The summed E-state index contributed by atoms with van der Waals surface area (Å²) in [5.74, 6) is -3.85. The number of nitriles is 1. The van der Waals surface area contributed by atoms with Crippen molar-refractivity contribution in [2.45, 2.75) is 44.4 Å². The Balaban J connectivity index is 1.73. The van der Waals surface area contributed by atoms with Crippen molar-refractivity contribution < 1.29 is 18.4 Å². The Hall–Kier alpha value is -2.55. The molecule has 2 atom stereocenters. The van der Waals surface area contributed by atoms with E-state index >= 15 is 0 Å². The molecular weight excluding hydrogens is 362 g/mol. The second kappa shape index (κ2) is 6.80. The Morgan fingerprint density at radius 1 is 1.29 bits per heavy atom. The highest BCUT2D eigenvalue weighted by molar-refractivity contribution is 6.03. The van der Waals surface area contributed by atoms with Gasteiger partial charge in [-0.2, -0.15) is 5.26 Å². The van der Waals surface area contributed by atoms with E-state index in [1.807, 2.05) is 6.07 Å². The molecule has 2 aliphatic rings. The van der Waals surface area contributed by atoms with E-state index in [1.54, 1.807) is 50.3 Å². The number of nitrogens with zero attached hydrogens (tertiary/aromatic N) is 2. The maximum atomic E-state index is 14.3. The predicted octanol–water partition coefficient (Wildman–Crippen LogP) is 3.88. The molecule has 1 aromatic carbocycles. The molecule has 0 saturated heterocycles. The van der Waals surface area contributed by atoms with Gasteiger partial charge in [0.05, 0.1) is 5.57 Å². The standard InChI is InChI=1S/C22H24F2N2O2/c1-20(2)12-15(11-16(13-25)18(20)27)9-10-26(3)19(28)21(14-22(21,23)24)17-7-5-4-6-8-17/h4-8,11,15H,9-10,12,14H2,1-3H3/t15-,21?/m0/s1. The van der Waals surface area contributed by atoms with E-state index in [4.69, 9.17) is 0 Å².